The molecule has 0 saturated heterocycles. The molecule has 1 atom stereocenters. The largest absolute Gasteiger partial charge is 0.480 e. The average molecular weight is 300 g/mol. The molecule has 0 fully saturated rings. The van der Waals surface area contributed by atoms with Crippen molar-refractivity contribution >= 4 is 17.8 Å². The minimum atomic E-state index is -1.36. The molecular weight excluding hydrogens is 286 g/mol. The highest BCUT2D eigenvalue weighted by Crippen LogP contribution is 2.12. The summed E-state index contributed by atoms with van der Waals surface area (Å²) in [4.78, 5) is 33.2. The van der Waals surface area contributed by atoms with Crippen molar-refractivity contribution in [2.45, 2.75) is 25.3 Å². The first-order chi connectivity index (χ1) is 9.81. The van der Waals surface area contributed by atoms with Gasteiger partial charge in [-0.3, -0.25) is 9.59 Å². The monoisotopic (exact) mass is 300 g/mol. The number of carbonyl (C=O) groups is 3. The van der Waals surface area contributed by atoms with Gasteiger partial charge in [-0.25, -0.2) is 13.6 Å². The zero-order chi connectivity index (χ0) is 16.0. The SMILES string of the molecule is NC(=O)CC[C@H](NC(=O)Cc1c(F)cccc1F)C(=O)O. The van der Waals surface area contributed by atoms with Gasteiger partial charge in [-0.1, -0.05) is 6.07 Å². The number of hydrogen-bond donors (Lipinski definition) is 3. The van der Waals surface area contributed by atoms with E-state index in [-0.39, 0.29) is 12.8 Å². The summed E-state index contributed by atoms with van der Waals surface area (Å²) >= 11 is 0. The van der Waals surface area contributed by atoms with Crippen molar-refractivity contribution in [2.75, 3.05) is 0 Å². The number of carboxylic acid groups (broad SMARTS) is 1. The van der Waals surface area contributed by atoms with Gasteiger partial charge in [-0.15, -0.1) is 0 Å². The van der Waals surface area contributed by atoms with Crippen molar-refractivity contribution in [1.82, 2.24) is 5.32 Å². The number of nitrogens with one attached hydrogen (secondary N) is 1. The van der Waals surface area contributed by atoms with Gasteiger partial charge in [0.2, 0.25) is 11.8 Å². The lowest BCUT2D eigenvalue weighted by atomic mass is 10.1. The molecule has 8 heteroatoms. The topological polar surface area (TPSA) is 109 Å². The summed E-state index contributed by atoms with van der Waals surface area (Å²) < 4.78 is 26.7. The van der Waals surface area contributed by atoms with Crippen molar-refractivity contribution in [3.8, 4) is 0 Å². The Morgan fingerprint density at radius 1 is 1.24 bits per heavy atom. The molecule has 6 nitrogen and oxygen atoms in total. The molecule has 4 N–H and O–H groups in total. The highest BCUT2D eigenvalue weighted by atomic mass is 19.1. The van der Waals surface area contributed by atoms with Gasteiger partial charge in [0.05, 0.1) is 6.42 Å². The number of carbonyl (C=O) groups excluding carboxylic acids is 2. The normalized spacial score (nSPS) is 11.7. The molecule has 0 radical (unpaired) electrons. The number of hydrogen-bond acceptors (Lipinski definition) is 3. The molecule has 0 saturated carbocycles. The van der Waals surface area contributed by atoms with Crippen LogP contribution >= 0.6 is 0 Å². The Kier molecular flexibility index (Phi) is 5.77. The van der Waals surface area contributed by atoms with Crippen molar-refractivity contribution in [1.29, 1.82) is 0 Å². The van der Waals surface area contributed by atoms with E-state index >= 15 is 0 Å². The number of rotatable bonds is 7. The first-order valence-corrected chi connectivity index (χ1v) is 6.04. The Balaban J connectivity index is 2.70. The number of nitrogens with two attached hydrogens (primary N) is 1. The fourth-order valence-electron chi connectivity index (χ4n) is 1.65. The van der Waals surface area contributed by atoms with Crippen molar-refractivity contribution < 1.29 is 28.3 Å². The second-order valence-electron chi connectivity index (χ2n) is 4.34. The fraction of sp³-hybridized carbons (Fsp3) is 0.308. The second kappa shape index (κ2) is 7.32. The van der Waals surface area contributed by atoms with Gasteiger partial charge in [0.1, 0.15) is 17.7 Å². The molecule has 1 aromatic carbocycles. The van der Waals surface area contributed by atoms with Crippen LogP contribution in [0.2, 0.25) is 0 Å². The van der Waals surface area contributed by atoms with E-state index in [4.69, 9.17) is 10.8 Å². The minimum Gasteiger partial charge on any atom is -0.480 e. The third-order valence-corrected chi connectivity index (χ3v) is 2.71. The quantitative estimate of drug-likeness (QED) is 0.674. The van der Waals surface area contributed by atoms with E-state index in [1.807, 2.05) is 0 Å². The Morgan fingerprint density at radius 3 is 2.29 bits per heavy atom. The maximum Gasteiger partial charge on any atom is 0.326 e. The first kappa shape index (κ1) is 16.5. The van der Waals surface area contributed by atoms with Crippen LogP contribution < -0.4 is 11.1 Å². The zero-order valence-electron chi connectivity index (χ0n) is 10.9. The highest BCUT2D eigenvalue weighted by Gasteiger charge is 2.22. The summed E-state index contributed by atoms with van der Waals surface area (Å²) in [6, 6.07) is 1.79. The van der Waals surface area contributed by atoms with Gasteiger partial charge in [-0.2, -0.15) is 0 Å². The van der Waals surface area contributed by atoms with Crippen LogP contribution in [0.3, 0.4) is 0 Å². The maximum atomic E-state index is 13.4. The van der Waals surface area contributed by atoms with E-state index in [0.717, 1.165) is 18.2 Å². The summed E-state index contributed by atoms with van der Waals surface area (Å²) in [5.41, 5.74) is 4.44. The van der Waals surface area contributed by atoms with Crippen LogP contribution in [-0.4, -0.2) is 28.9 Å². The standard InChI is InChI=1S/C13H14F2N2O4/c14-8-2-1-3-9(15)7(8)6-12(19)17-10(13(20)21)4-5-11(16)18/h1-3,10H,4-6H2,(H2,16,18)(H,17,19)(H,20,21)/t10-/m0/s1. The van der Waals surface area contributed by atoms with Crippen LogP contribution in [-0.2, 0) is 20.8 Å². The molecule has 1 aromatic rings. The van der Waals surface area contributed by atoms with Gasteiger partial charge in [0, 0.05) is 12.0 Å². The predicted octanol–water partition coefficient (Wildman–Crippen LogP) is 0.342. The molecular formula is C13H14F2N2O4. The van der Waals surface area contributed by atoms with E-state index in [0.29, 0.717) is 0 Å². The summed E-state index contributed by atoms with van der Waals surface area (Å²) in [7, 11) is 0. The smallest absolute Gasteiger partial charge is 0.326 e. The molecule has 0 heterocycles. The van der Waals surface area contributed by atoms with Crippen molar-refractivity contribution in [2.24, 2.45) is 5.73 Å². The number of halogens is 2. The summed E-state index contributed by atoms with van der Waals surface area (Å²) in [6.45, 7) is 0. The van der Waals surface area contributed by atoms with E-state index in [1.54, 1.807) is 0 Å². The van der Waals surface area contributed by atoms with E-state index in [2.05, 4.69) is 5.32 Å². The number of carboxylic acids is 1. The molecule has 0 aromatic heterocycles. The maximum absolute atomic E-state index is 13.4. The molecule has 0 spiro atoms. The van der Waals surface area contributed by atoms with E-state index < -0.39 is 47.4 Å². The number of benzene rings is 1. The Hall–Kier alpha value is -2.51. The Bertz CT molecular complexity index is 543. The number of aliphatic carboxylic acids is 1. The van der Waals surface area contributed by atoms with Gasteiger partial charge in [0.15, 0.2) is 0 Å². The van der Waals surface area contributed by atoms with Gasteiger partial charge in [0.25, 0.3) is 0 Å². The molecule has 114 valence electrons. The highest BCUT2D eigenvalue weighted by molar-refractivity contribution is 5.85. The lowest BCUT2D eigenvalue weighted by molar-refractivity contribution is -0.142. The van der Waals surface area contributed by atoms with E-state index in [1.165, 1.54) is 0 Å². The third kappa shape index (κ3) is 5.17. The van der Waals surface area contributed by atoms with Gasteiger partial charge >= 0.3 is 5.97 Å². The zero-order valence-corrected chi connectivity index (χ0v) is 10.9. The van der Waals surface area contributed by atoms with Crippen molar-refractivity contribution in [3.05, 3.63) is 35.4 Å². The summed E-state index contributed by atoms with van der Waals surface area (Å²) in [5.74, 6) is -4.73. The molecule has 0 aliphatic carbocycles. The number of amides is 2. The van der Waals surface area contributed by atoms with Crippen LogP contribution in [0.15, 0.2) is 18.2 Å². The minimum absolute atomic E-state index is 0.198. The summed E-state index contributed by atoms with van der Waals surface area (Å²) in [6.07, 6.45) is -1.07. The molecule has 0 unspecified atom stereocenters. The second-order valence-corrected chi connectivity index (χ2v) is 4.34. The first-order valence-electron chi connectivity index (χ1n) is 6.04. The number of primary amides is 1. The van der Waals surface area contributed by atoms with Crippen LogP contribution in [0.4, 0.5) is 8.78 Å². The van der Waals surface area contributed by atoms with E-state index in [9.17, 15) is 23.2 Å². The van der Waals surface area contributed by atoms with Gasteiger partial charge < -0.3 is 16.2 Å². The molecule has 0 aliphatic heterocycles. The summed E-state index contributed by atoms with van der Waals surface area (Å²) in [5, 5.41) is 11.0. The van der Waals surface area contributed by atoms with Gasteiger partial charge in [-0.05, 0) is 18.6 Å². The van der Waals surface area contributed by atoms with Crippen molar-refractivity contribution in [3.63, 3.8) is 0 Å². The molecule has 0 bridgehead atoms. The average Bonchev–Trinajstić information content (AvgIpc) is 2.38. The third-order valence-electron chi connectivity index (χ3n) is 2.71. The van der Waals surface area contributed by atoms with Crippen LogP contribution in [0.25, 0.3) is 0 Å². The van der Waals surface area contributed by atoms with Crippen LogP contribution in [0.1, 0.15) is 18.4 Å². The molecule has 21 heavy (non-hydrogen) atoms. The lowest BCUT2D eigenvalue weighted by Crippen LogP contribution is -2.42. The molecule has 1 rings (SSSR count). The Morgan fingerprint density at radius 2 is 1.81 bits per heavy atom. The lowest BCUT2D eigenvalue weighted by Gasteiger charge is -2.14. The predicted molar refractivity (Wildman–Crippen MR) is 68.1 cm³/mol. The molecule has 0 aliphatic rings. The Labute approximate surface area is 118 Å². The molecule has 2 amide bonds. The van der Waals surface area contributed by atoms with Crippen LogP contribution in [0, 0.1) is 11.6 Å². The fourth-order valence-corrected chi connectivity index (χ4v) is 1.65. The van der Waals surface area contributed by atoms with Crippen LogP contribution in [0.5, 0.6) is 0 Å².